The number of benzene rings is 1. The number of nitrogens with one attached hydrogen (secondary N) is 1. The standard InChI is InChI=1S/C30H45NO4/c1-28(2,3)20-31-12-5-13-32-27-9-7-23(8-10-27)24-6-4-11-29(19-24)33-30(35-34-29)25-15-21-14-22(17-25)18-26(30)16-21/h7-10,21-22,24-26,31H,4-6,11-20H2,1-3H3/t21?,22?,24-,25?,26?,29-,30?/m1/s1. The highest BCUT2D eigenvalue weighted by atomic mass is 17.3. The summed E-state index contributed by atoms with van der Waals surface area (Å²) in [4.78, 5) is 12.4. The van der Waals surface area contributed by atoms with Crippen LogP contribution in [0.4, 0.5) is 0 Å². The van der Waals surface area contributed by atoms with Gasteiger partial charge in [0.15, 0.2) is 0 Å². The van der Waals surface area contributed by atoms with Gasteiger partial charge in [-0.15, -0.1) is 0 Å². The van der Waals surface area contributed by atoms with Crippen molar-refractivity contribution in [2.24, 2.45) is 29.1 Å². The molecule has 194 valence electrons. The van der Waals surface area contributed by atoms with Gasteiger partial charge in [-0.2, -0.15) is 9.78 Å². The van der Waals surface area contributed by atoms with Gasteiger partial charge in [0.25, 0.3) is 0 Å². The molecule has 0 radical (unpaired) electrons. The third-order valence-corrected chi connectivity index (χ3v) is 9.39. The van der Waals surface area contributed by atoms with Crippen molar-refractivity contribution in [1.82, 2.24) is 5.32 Å². The van der Waals surface area contributed by atoms with Gasteiger partial charge in [-0.05, 0) is 105 Å². The SMILES string of the molecule is CC(C)(C)CNCCCOc1ccc([C@@H]2CCC[C@]3(C2)OOC2(O3)C3CC4CC(C3)CC2C4)cc1. The molecular weight excluding hydrogens is 438 g/mol. The van der Waals surface area contributed by atoms with Gasteiger partial charge in [-0.3, -0.25) is 0 Å². The minimum absolute atomic E-state index is 0.325. The Morgan fingerprint density at radius 2 is 1.69 bits per heavy atom. The minimum atomic E-state index is -0.562. The summed E-state index contributed by atoms with van der Waals surface area (Å²) >= 11 is 0. The Morgan fingerprint density at radius 1 is 0.971 bits per heavy atom. The fraction of sp³-hybridized carbons (Fsp3) is 0.800. The fourth-order valence-electron chi connectivity index (χ4n) is 7.95. The molecule has 1 aromatic rings. The molecule has 2 atom stereocenters. The van der Waals surface area contributed by atoms with E-state index in [1.807, 2.05) is 0 Å². The van der Waals surface area contributed by atoms with Crippen LogP contribution in [0.3, 0.4) is 0 Å². The molecule has 35 heavy (non-hydrogen) atoms. The Kier molecular flexibility index (Phi) is 6.44. The van der Waals surface area contributed by atoms with Crippen LogP contribution in [0.25, 0.3) is 0 Å². The first-order valence-electron chi connectivity index (χ1n) is 14.3. The molecule has 1 aliphatic heterocycles. The van der Waals surface area contributed by atoms with Gasteiger partial charge >= 0.3 is 0 Å². The van der Waals surface area contributed by atoms with Crippen molar-refractivity contribution < 1.29 is 19.2 Å². The molecule has 5 aliphatic carbocycles. The van der Waals surface area contributed by atoms with E-state index in [9.17, 15) is 0 Å². The van der Waals surface area contributed by atoms with Crippen molar-refractivity contribution in [2.75, 3.05) is 19.7 Å². The van der Waals surface area contributed by atoms with Gasteiger partial charge in [-0.25, -0.2) is 0 Å². The molecule has 6 fully saturated rings. The van der Waals surface area contributed by atoms with Gasteiger partial charge in [-0.1, -0.05) is 32.9 Å². The van der Waals surface area contributed by atoms with Crippen LogP contribution in [0.15, 0.2) is 24.3 Å². The molecule has 1 N–H and O–H groups in total. The zero-order chi connectivity index (χ0) is 24.1. The molecule has 5 saturated carbocycles. The molecule has 1 heterocycles. The maximum absolute atomic E-state index is 6.96. The van der Waals surface area contributed by atoms with Gasteiger partial charge in [0.2, 0.25) is 11.6 Å². The van der Waals surface area contributed by atoms with E-state index in [1.54, 1.807) is 0 Å². The molecule has 1 aromatic carbocycles. The first-order chi connectivity index (χ1) is 16.8. The molecule has 0 unspecified atom stereocenters. The van der Waals surface area contributed by atoms with Crippen molar-refractivity contribution in [1.29, 1.82) is 0 Å². The normalized spacial score (nSPS) is 40.1. The summed E-state index contributed by atoms with van der Waals surface area (Å²) < 4.78 is 13.0. The number of rotatable bonds is 7. The van der Waals surface area contributed by atoms with Crippen molar-refractivity contribution >= 4 is 0 Å². The van der Waals surface area contributed by atoms with E-state index in [1.165, 1.54) is 44.1 Å². The maximum Gasteiger partial charge on any atom is 0.210 e. The van der Waals surface area contributed by atoms with Crippen LogP contribution in [0, 0.1) is 29.1 Å². The Hall–Kier alpha value is -1.14. The summed E-state index contributed by atoms with van der Waals surface area (Å²) in [6.45, 7) is 9.54. The Labute approximate surface area is 211 Å². The molecular formula is C30H45NO4. The van der Waals surface area contributed by atoms with E-state index < -0.39 is 11.6 Å². The van der Waals surface area contributed by atoms with E-state index in [-0.39, 0.29) is 0 Å². The lowest BCUT2D eigenvalue weighted by atomic mass is 9.53. The topological polar surface area (TPSA) is 49.0 Å². The fourth-order valence-corrected chi connectivity index (χ4v) is 7.95. The highest BCUT2D eigenvalue weighted by molar-refractivity contribution is 5.30. The predicted octanol–water partition coefficient (Wildman–Crippen LogP) is 6.58. The summed E-state index contributed by atoms with van der Waals surface area (Å²) in [5, 5.41) is 3.51. The van der Waals surface area contributed by atoms with Crippen molar-refractivity contribution in [3.63, 3.8) is 0 Å². The smallest absolute Gasteiger partial charge is 0.210 e. The lowest BCUT2D eigenvalue weighted by Crippen LogP contribution is -2.59. The van der Waals surface area contributed by atoms with Gasteiger partial charge in [0, 0.05) is 24.7 Å². The molecule has 5 nitrogen and oxygen atoms in total. The monoisotopic (exact) mass is 483 g/mol. The number of hydrogen-bond acceptors (Lipinski definition) is 5. The van der Waals surface area contributed by atoms with Gasteiger partial charge in [0.1, 0.15) is 5.75 Å². The highest BCUT2D eigenvalue weighted by Crippen LogP contribution is 2.64. The predicted molar refractivity (Wildman–Crippen MR) is 136 cm³/mol. The second kappa shape index (κ2) is 9.31. The molecule has 6 aliphatic rings. The minimum Gasteiger partial charge on any atom is -0.494 e. The van der Waals surface area contributed by atoms with Crippen LogP contribution in [0.5, 0.6) is 5.75 Å². The third kappa shape index (κ3) is 4.91. The van der Waals surface area contributed by atoms with Crippen LogP contribution >= 0.6 is 0 Å². The van der Waals surface area contributed by atoms with Gasteiger partial charge < -0.3 is 14.8 Å². The molecule has 4 bridgehead atoms. The molecule has 5 heteroatoms. The lowest BCUT2D eigenvalue weighted by molar-refractivity contribution is -0.390. The van der Waals surface area contributed by atoms with Crippen molar-refractivity contribution in [3.8, 4) is 5.75 Å². The average molecular weight is 484 g/mol. The van der Waals surface area contributed by atoms with E-state index in [4.69, 9.17) is 19.2 Å². The van der Waals surface area contributed by atoms with Gasteiger partial charge in [0.05, 0.1) is 6.61 Å². The average Bonchev–Trinajstić information content (AvgIpc) is 3.18. The second-order valence-corrected chi connectivity index (χ2v) is 13.5. The summed E-state index contributed by atoms with van der Waals surface area (Å²) in [5.74, 6) is 3.21. The highest BCUT2D eigenvalue weighted by Gasteiger charge is 2.67. The van der Waals surface area contributed by atoms with Crippen LogP contribution in [-0.2, 0) is 14.5 Å². The second-order valence-electron chi connectivity index (χ2n) is 13.5. The molecule has 0 amide bonds. The summed E-state index contributed by atoms with van der Waals surface area (Å²) in [6, 6.07) is 8.74. The molecule has 1 saturated heterocycles. The summed E-state index contributed by atoms with van der Waals surface area (Å²) in [5.41, 5.74) is 1.69. The van der Waals surface area contributed by atoms with Crippen LogP contribution < -0.4 is 10.1 Å². The van der Waals surface area contributed by atoms with Crippen molar-refractivity contribution in [2.45, 2.75) is 102 Å². The lowest BCUT2D eigenvalue weighted by Gasteiger charge is -2.57. The van der Waals surface area contributed by atoms with E-state index in [2.05, 4.69) is 50.4 Å². The first-order valence-corrected chi connectivity index (χ1v) is 14.3. The van der Waals surface area contributed by atoms with Crippen LogP contribution in [0.1, 0.15) is 96.5 Å². The maximum atomic E-state index is 6.96. The Balaban J connectivity index is 1.03. The van der Waals surface area contributed by atoms with E-state index in [0.29, 0.717) is 23.2 Å². The van der Waals surface area contributed by atoms with Crippen LogP contribution in [-0.4, -0.2) is 31.3 Å². The quantitative estimate of drug-likeness (QED) is 0.351. The van der Waals surface area contributed by atoms with E-state index >= 15 is 0 Å². The first kappa shape index (κ1) is 24.2. The molecule has 0 aromatic heterocycles. The Morgan fingerprint density at radius 3 is 2.37 bits per heavy atom. The summed E-state index contributed by atoms with van der Waals surface area (Å²) in [6.07, 6.45) is 11.7. The largest absolute Gasteiger partial charge is 0.494 e. The summed E-state index contributed by atoms with van der Waals surface area (Å²) in [7, 11) is 0. The zero-order valence-electron chi connectivity index (χ0n) is 22.0. The van der Waals surface area contributed by atoms with E-state index in [0.717, 1.165) is 63.0 Å². The molecule has 2 spiro atoms. The van der Waals surface area contributed by atoms with Crippen LogP contribution in [0.2, 0.25) is 0 Å². The number of hydrogen-bond donors (Lipinski definition) is 1. The number of ether oxygens (including phenoxy) is 2. The third-order valence-electron chi connectivity index (χ3n) is 9.39. The molecule has 7 rings (SSSR count). The Bertz CT molecular complexity index is 849. The zero-order valence-corrected chi connectivity index (χ0v) is 22.0. The van der Waals surface area contributed by atoms with Crippen molar-refractivity contribution in [3.05, 3.63) is 29.8 Å².